The Balaban J connectivity index is 2.35. The Morgan fingerprint density at radius 2 is 2.17 bits per heavy atom. The molecule has 18 heavy (non-hydrogen) atoms. The molecule has 1 aromatic rings. The van der Waals surface area contributed by atoms with Gasteiger partial charge >= 0.3 is 6.18 Å². The van der Waals surface area contributed by atoms with Gasteiger partial charge in [0.2, 0.25) is 0 Å². The zero-order valence-electron chi connectivity index (χ0n) is 9.96. The summed E-state index contributed by atoms with van der Waals surface area (Å²) in [6, 6.07) is 3.63. The van der Waals surface area contributed by atoms with Gasteiger partial charge in [-0.25, -0.2) is 0 Å². The van der Waals surface area contributed by atoms with E-state index in [0.29, 0.717) is 31.0 Å². The number of nitrogens with one attached hydrogen (secondary N) is 1. The van der Waals surface area contributed by atoms with Crippen molar-refractivity contribution in [3.8, 4) is 0 Å². The lowest BCUT2D eigenvalue weighted by Gasteiger charge is -2.33. The fourth-order valence-electron chi connectivity index (χ4n) is 2.07. The molecule has 0 fully saturated rings. The van der Waals surface area contributed by atoms with Crippen molar-refractivity contribution < 1.29 is 18.3 Å². The van der Waals surface area contributed by atoms with E-state index in [1.165, 1.54) is 6.07 Å². The van der Waals surface area contributed by atoms with Crippen LogP contribution in [0.25, 0.3) is 0 Å². The molecule has 1 aromatic carbocycles. The van der Waals surface area contributed by atoms with Crippen LogP contribution in [0.5, 0.6) is 0 Å². The number of nitrogens with zero attached hydrogens (tertiary/aromatic N) is 1. The molecule has 1 unspecified atom stereocenters. The molecule has 1 heterocycles. The van der Waals surface area contributed by atoms with Gasteiger partial charge in [-0.05, 0) is 25.1 Å². The zero-order valence-corrected chi connectivity index (χ0v) is 9.96. The highest BCUT2D eigenvalue weighted by atomic mass is 19.4. The molecule has 1 atom stereocenters. The van der Waals surface area contributed by atoms with Gasteiger partial charge in [-0.2, -0.15) is 13.2 Å². The van der Waals surface area contributed by atoms with E-state index in [9.17, 15) is 18.3 Å². The summed E-state index contributed by atoms with van der Waals surface area (Å²) in [5, 5.41) is 12.4. The number of anilines is 2. The maximum atomic E-state index is 12.7. The number of aliphatic hydroxyl groups excluding tert-OH is 1. The fraction of sp³-hybridized carbons (Fsp3) is 0.500. The molecule has 2 N–H and O–H groups in total. The van der Waals surface area contributed by atoms with Crippen LogP contribution in [-0.4, -0.2) is 30.8 Å². The maximum Gasteiger partial charge on any atom is 0.416 e. The second-order valence-electron chi connectivity index (χ2n) is 4.45. The van der Waals surface area contributed by atoms with Crippen LogP contribution in [0.15, 0.2) is 18.2 Å². The van der Waals surface area contributed by atoms with Crippen molar-refractivity contribution in [2.24, 2.45) is 0 Å². The molecule has 0 aromatic heterocycles. The topological polar surface area (TPSA) is 35.5 Å². The number of halogens is 3. The van der Waals surface area contributed by atoms with E-state index in [0.717, 1.165) is 12.1 Å². The number of hydrogen-bond donors (Lipinski definition) is 2. The largest absolute Gasteiger partial charge is 0.416 e. The van der Waals surface area contributed by atoms with Crippen LogP contribution in [-0.2, 0) is 6.18 Å². The van der Waals surface area contributed by atoms with Crippen LogP contribution < -0.4 is 10.2 Å². The van der Waals surface area contributed by atoms with Crippen molar-refractivity contribution in [2.75, 3.05) is 29.9 Å². The first kappa shape index (κ1) is 13.0. The zero-order chi connectivity index (χ0) is 13.3. The Labute approximate surface area is 103 Å². The van der Waals surface area contributed by atoms with Crippen molar-refractivity contribution in [1.29, 1.82) is 0 Å². The van der Waals surface area contributed by atoms with Gasteiger partial charge < -0.3 is 15.3 Å². The summed E-state index contributed by atoms with van der Waals surface area (Å²) in [5.74, 6) is 0. The first-order valence-corrected chi connectivity index (χ1v) is 5.76. The molecule has 1 aliphatic heterocycles. The SMILES string of the molecule is CC(O)CN1CCNc2ccc(C(F)(F)F)cc21. The molecular weight excluding hydrogens is 245 g/mol. The summed E-state index contributed by atoms with van der Waals surface area (Å²) in [5.41, 5.74) is 0.507. The molecule has 0 amide bonds. The van der Waals surface area contributed by atoms with Gasteiger partial charge in [-0.3, -0.25) is 0 Å². The molecule has 0 saturated carbocycles. The van der Waals surface area contributed by atoms with E-state index in [2.05, 4.69) is 5.32 Å². The molecule has 0 spiro atoms. The predicted molar refractivity (Wildman–Crippen MR) is 63.8 cm³/mol. The Morgan fingerprint density at radius 3 is 2.78 bits per heavy atom. The van der Waals surface area contributed by atoms with Gasteiger partial charge in [0.15, 0.2) is 0 Å². The Hall–Kier alpha value is -1.43. The van der Waals surface area contributed by atoms with Gasteiger partial charge in [0.25, 0.3) is 0 Å². The number of fused-ring (bicyclic) bond motifs is 1. The summed E-state index contributed by atoms with van der Waals surface area (Å²) in [4.78, 5) is 1.77. The van der Waals surface area contributed by atoms with Crippen LogP contribution in [0, 0.1) is 0 Å². The van der Waals surface area contributed by atoms with Crippen LogP contribution >= 0.6 is 0 Å². The molecule has 0 bridgehead atoms. The van der Waals surface area contributed by atoms with E-state index in [4.69, 9.17) is 0 Å². The van der Waals surface area contributed by atoms with E-state index in [-0.39, 0.29) is 0 Å². The highest BCUT2D eigenvalue weighted by Gasteiger charge is 2.32. The van der Waals surface area contributed by atoms with Gasteiger partial charge in [0.05, 0.1) is 23.0 Å². The molecular formula is C12H15F3N2O. The minimum atomic E-state index is -4.34. The first-order valence-electron chi connectivity index (χ1n) is 5.76. The molecule has 0 radical (unpaired) electrons. The normalized spacial score (nSPS) is 17.1. The molecule has 0 aliphatic carbocycles. The van der Waals surface area contributed by atoms with Crippen molar-refractivity contribution in [3.63, 3.8) is 0 Å². The lowest BCUT2D eigenvalue weighted by Crippen LogP contribution is -2.38. The van der Waals surface area contributed by atoms with E-state index >= 15 is 0 Å². The number of aliphatic hydroxyl groups is 1. The van der Waals surface area contributed by atoms with Crippen LogP contribution in [0.1, 0.15) is 12.5 Å². The molecule has 1 aliphatic rings. The average Bonchev–Trinajstić information content (AvgIpc) is 2.27. The van der Waals surface area contributed by atoms with E-state index in [1.54, 1.807) is 11.8 Å². The minimum Gasteiger partial charge on any atom is -0.392 e. The van der Waals surface area contributed by atoms with Crippen molar-refractivity contribution >= 4 is 11.4 Å². The van der Waals surface area contributed by atoms with Gasteiger partial charge in [0, 0.05) is 19.6 Å². The number of alkyl halides is 3. The molecule has 6 heteroatoms. The number of rotatable bonds is 2. The average molecular weight is 260 g/mol. The van der Waals surface area contributed by atoms with E-state index in [1.807, 2.05) is 0 Å². The Morgan fingerprint density at radius 1 is 1.44 bits per heavy atom. The third-order valence-corrected chi connectivity index (χ3v) is 2.85. The second-order valence-corrected chi connectivity index (χ2v) is 4.45. The monoisotopic (exact) mass is 260 g/mol. The third kappa shape index (κ3) is 2.69. The standard InChI is InChI=1S/C12H15F3N2O/c1-8(18)7-17-5-4-16-10-3-2-9(6-11(10)17)12(13,14)15/h2-3,6,8,16,18H,4-5,7H2,1H3. The van der Waals surface area contributed by atoms with Crippen molar-refractivity contribution in [2.45, 2.75) is 19.2 Å². The van der Waals surface area contributed by atoms with Crippen LogP contribution in [0.4, 0.5) is 24.5 Å². The number of β-amino-alcohol motifs (C(OH)–C–C–N with tert-alkyl or cyclic N) is 1. The molecule has 3 nitrogen and oxygen atoms in total. The van der Waals surface area contributed by atoms with Crippen molar-refractivity contribution in [3.05, 3.63) is 23.8 Å². The second kappa shape index (κ2) is 4.68. The first-order chi connectivity index (χ1) is 8.38. The Bertz CT molecular complexity index is 432. The summed E-state index contributed by atoms with van der Waals surface area (Å²) < 4.78 is 38.0. The van der Waals surface area contributed by atoms with Gasteiger partial charge in [0.1, 0.15) is 0 Å². The van der Waals surface area contributed by atoms with Crippen LogP contribution in [0.3, 0.4) is 0 Å². The van der Waals surface area contributed by atoms with E-state index < -0.39 is 17.8 Å². The Kier molecular flexibility index (Phi) is 3.38. The maximum absolute atomic E-state index is 12.7. The highest BCUT2D eigenvalue weighted by Crippen LogP contribution is 2.36. The lowest BCUT2D eigenvalue weighted by atomic mass is 10.1. The van der Waals surface area contributed by atoms with Gasteiger partial charge in [-0.1, -0.05) is 0 Å². The van der Waals surface area contributed by atoms with Crippen molar-refractivity contribution in [1.82, 2.24) is 0 Å². The summed E-state index contributed by atoms with van der Waals surface area (Å²) in [6.07, 6.45) is -4.92. The highest BCUT2D eigenvalue weighted by molar-refractivity contribution is 5.73. The number of benzene rings is 1. The molecule has 2 rings (SSSR count). The fourth-order valence-corrected chi connectivity index (χ4v) is 2.07. The molecule has 100 valence electrons. The summed E-state index contributed by atoms with van der Waals surface area (Å²) >= 11 is 0. The van der Waals surface area contributed by atoms with Crippen LogP contribution in [0.2, 0.25) is 0 Å². The summed E-state index contributed by atoms with van der Waals surface area (Å²) in [7, 11) is 0. The predicted octanol–water partition coefficient (Wildman–Crippen LogP) is 2.32. The minimum absolute atomic E-state index is 0.329. The van der Waals surface area contributed by atoms with Gasteiger partial charge in [-0.15, -0.1) is 0 Å². The quantitative estimate of drug-likeness (QED) is 0.856. The smallest absolute Gasteiger partial charge is 0.392 e. The third-order valence-electron chi connectivity index (χ3n) is 2.85. The number of hydrogen-bond acceptors (Lipinski definition) is 3. The lowest BCUT2D eigenvalue weighted by molar-refractivity contribution is -0.137. The molecule has 0 saturated heterocycles. The summed E-state index contributed by atoms with van der Waals surface area (Å²) in [6.45, 7) is 3.19.